The predicted octanol–water partition coefficient (Wildman–Crippen LogP) is 8.48. The number of carbonyl (C=O) groups excluding carboxylic acids is 4. The highest BCUT2D eigenvalue weighted by molar-refractivity contribution is 6.03. The summed E-state index contributed by atoms with van der Waals surface area (Å²) in [5, 5.41) is 0. The van der Waals surface area contributed by atoms with Crippen molar-refractivity contribution in [3.63, 3.8) is 0 Å². The van der Waals surface area contributed by atoms with Gasteiger partial charge in [0.15, 0.2) is 0 Å². The van der Waals surface area contributed by atoms with Crippen LogP contribution in [0.4, 0.5) is 0 Å². The molecule has 0 amide bonds. The van der Waals surface area contributed by atoms with E-state index in [1.807, 2.05) is 0 Å². The third kappa shape index (κ3) is 16.4. The molecule has 0 aliphatic carbocycles. The van der Waals surface area contributed by atoms with Crippen LogP contribution in [0.1, 0.15) is 138 Å². The first kappa shape index (κ1) is 38.6. The minimum absolute atomic E-state index is 0.0356. The molecule has 0 fully saturated rings. The van der Waals surface area contributed by atoms with Gasteiger partial charge in [0.05, 0.1) is 11.1 Å². The van der Waals surface area contributed by atoms with E-state index in [0.717, 1.165) is 64.2 Å². The van der Waals surface area contributed by atoms with Gasteiger partial charge in [0.25, 0.3) is 0 Å². The molecule has 44 heavy (non-hydrogen) atoms. The van der Waals surface area contributed by atoms with Crippen LogP contribution in [0.25, 0.3) is 0 Å². The first-order chi connectivity index (χ1) is 21.1. The second-order valence-corrected chi connectivity index (χ2v) is 11.5. The molecule has 0 aromatic heterocycles. The highest BCUT2D eigenvalue weighted by atomic mass is 16.6. The van der Waals surface area contributed by atoms with E-state index in [4.69, 9.17) is 18.9 Å². The first-order valence-electron chi connectivity index (χ1n) is 16.3. The van der Waals surface area contributed by atoms with Crippen LogP contribution in [-0.4, -0.2) is 49.3 Å². The van der Waals surface area contributed by atoms with Gasteiger partial charge in [-0.1, -0.05) is 103 Å². The lowest BCUT2D eigenvalue weighted by Crippen LogP contribution is -2.27. The quantitative estimate of drug-likeness (QED) is 0.0494. The molecular formula is C36H54O8. The number of hydrogen-bond donors (Lipinski definition) is 0. The molecule has 1 aromatic carbocycles. The Bertz CT molecular complexity index is 977. The van der Waals surface area contributed by atoms with Crippen molar-refractivity contribution in [2.75, 3.05) is 13.2 Å². The summed E-state index contributed by atoms with van der Waals surface area (Å²) in [7, 11) is 0. The van der Waals surface area contributed by atoms with Crippen LogP contribution in [0.2, 0.25) is 0 Å². The number of hydrogen-bond acceptors (Lipinski definition) is 8. The summed E-state index contributed by atoms with van der Waals surface area (Å²) in [6.07, 6.45) is 12.7. The van der Waals surface area contributed by atoms with Crippen molar-refractivity contribution in [1.29, 1.82) is 0 Å². The van der Waals surface area contributed by atoms with Crippen LogP contribution in [0.3, 0.4) is 0 Å². The lowest BCUT2D eigenvalue weighted by Gasteiger charge is -2.19. The van der Waals surface area contributed by atoms with Gasteiger partial charge in [-0.3, -0.25) is 0 Å². The Kier molecular flexibility index (Phi) is 20.2. The van der Waals surface area contributed by atoms with E-state index in [2.05, 4.69) is 27.0 Å². The van der Waals surface area contributed by atoms with Crippen LogP contribution >= 0.6 is 0 Å². The van der Waals surface area contributed by atoms with E-state index < -0.39 is 36.1 Å². The van der Waals surface area contributed by atoms with Crippen molar-refractivity contribution in [3.8, 4) is 0 Å². The van der Waals surface area contributed by atoms with E-state index in [1.165, 1.54) is 25.0 Å². The molecule has 8 heteroatoms. The fourth-order valence-corrected chi connectivity index (χ4v) is 4.49. The Hall–Kier alpha value is -3.42. The molecule has 0 saturated heterocycles. The zero-order valence-electron chi connectivity index (χ0n) is 27.5. The van der Waals surface area contributed by atoms with Crippen LogP contribution in [0, 0.1) is 0 Å². The standard InChI is InChI=1S/C36H54O8/c1-7-9-11-13-15-17-21-29(43-33(37)27(3)4)25-41-35(39)31-23-19-20-24-32(31)36(40)42-26-30(44-34(38)28(5)6)22-18-16-14-12-10-8-2/h19-20,23-24,29-30H,3,5,7-18,21-22,25-26H2,1-2,4,6H3. The summed E-state index contributed by atoms with van der Waals surface area (Å²) in [5.74, 6) is -2.53. The van der Waals surface area contributed by atoms with Gasteiger partial charge in [-0.25, -0.2) is 19.2 Å². The molecule has 246 valence electrons. The second-order valence-electron chi connectivity index (χ2n) is 11.5. The van der Waals surface area contributed by atoms with Gasteiger partial charge in [0.2, 0.25) is 0 Å². The summed E-state index contributed by atoms with van der Waals surface area (Å²) in [6.45, 7) is 14.4. The average molecular weight is 615 g/mol. The summed E-state index contributed by atoms with van der Waals surface area (Å²) in [6, 6.07) is 6.21. The fraction of sp³-hybridized carbons (Fsp3) is 0.611. The summed E-state index contributed by atoms with van der Waals surface area (Å²) in [5.41, 5.74) is 0.601. The minimum atomic E-state index is -0.728. The Morgan fingerprint density at radius 2 is 0.932 bits per heavy atom. The van der Waals surface area contributed by atoms with Crippen molar-refractivity contribution < 1.29 is 38.1 Å². The number of esters is 4. The van der Waals surface area contributed by atoms with E-state index in [9.17, 15) is 19.2 Å². The van der Waals surface area contributed by atoms with Crippen molar-refractivity contribution in [3.05, 3.63) is 59.7 Å². The van der Waals surface area contributed by atoms with Crippen LogP contribution in [-0.2, 0) is 28.5 Å². The summed E-state index contributed by atoms with van der Waals surface area (Å²) in [4.78, 5) is 50.5. The first-order valence-corrected chi connectivity index (χ1v) is 16.3. The average Bonchev–Trinajstić information content (AvgIpc) is 3.00. The Morgan fingerprint density at radius 1 is 0.591 bits per heavy atom. The van der Waals surface area contributed by atoms with Crippen molar-refractivity contribution in [2.24, 2.45) is 0 Å². The second kappa shape index (κ2) is 23.0. The van der Waals surface area contributed by atoms with E-state index >= 15 is 0 Å². The number of unbranched alkanes of at least 4 members (excludes halogenated alkanes) is 10. The lowest BCUT2D eigenvalue weighted by atomic mass is 10.1. The molecule has 0 aliphatic rings. The van der Waals surface area contributed by atoms with Crippen LogP contribution < -0.4 is 0 Å². The topological polar surface area (TPSA) is 105 Å². The molecule has 0 spiro atoms. The smallest absolute Gasteiger partial charge is 0.339 e. The molecule has 0 bridgehead atoms. The zero-order chi connectivity index (χ0) is 32.7. The van der Waals surface area contributed by atoms with Crippen molar-refractivity contribution >= 4 is 23.9 Å². The maximum Gasteiger partial charge on any atom is 0.339 e. The zero-order valence-corrected chi connectivity index (χ0v) is 27.5. The molecule has 0 heterocycles. The van der Waals surface area contributed by atoms with Gasteiger partial charge in [0.1, 0.15) is 25.4 Å². The maximum atomic E-state index is 13.1. The normalized spacial score (nSPS) is 12.1. The predicted molar refractivity (Wildman–Crippen MR) is 172 cm³/mol. The van der Waals surface area contributed by atoms with E-state index in [-0.39, 0.29) is 35.5 Å². The Labute approximate surface area is 264 Å². The Morgan fingerprint density at radius 3 is 1.27 bits per heavy atom. The van der Waals surface area contributed by atoms with Gasteiger partial charge in [-0.15, -0.1) is 0 Å². The molecule has 1 aromatic rings. The van der Waals surface area contributed by atoms with Gasteiger partial charge in [-0.2, -0.15) is 0 Å². The minimum Gasteiger partial charge on any atom is -0.458 e. The number of ether oxygens (including phenoxy) is 4. The molecule has 1 rings (SSSR count). The van der Waals surface area contributed by atoms with Gasteiger partial charge >= 0.3 is 23.9 Å². The summed E-state index contributed by atoms with van der Waals surface area (Å²) < 4.78 is 22.1. The largest absolute Gasteiger partial charge is 0.458 e. The van der Waals surface area contributed by atoms with Gasteiger partial charge < -0.3 is 18.9 Å². The van der Waals surface area contributed by atoms with Crippen molar-refractivity contribution in [2.45, 2.75) is 130 Å². The van der Waals surface area contributed by atoms with Crippen molar-refractivity contribution in [1.82, 2.24) is 0 Å². The van der Waals surface area contributed by atoms with Crippen LogP contribution in [0.5, 0.6) is 0 Å². The summed E-state index contributed by atoms with van der Waals surface area (Å²) >= 11 is 0. The van der Waals surface area contributed by atoms with E-state index in [0.29, 0.717) is 12.8 Å². The number of rotatable bonds is 24. The van der Waals surface area contributed by atoms with Gasteiger partial charge in [-0.05, 0) is 51.7 Å². The Balaban J connectivity index is 2.83. The lowest BCUT2D eigenvalue weighted by molar-refractivity contribution is -0.147. The molecular weight excluding hydrogens is 560 g/mol. The van der Waals surface area contributed by atoms with Crippen LogP contribution in [0.15, 0.2) is 48.6 Å². The molecule has 2 atom stereocenters. The fourth-order valence-electron chi connectivity index (χ4n) is 4.49. The highest BCUT2D eigenvalue weighted by Crippen LogP contribution is 2.17. The molecule has 0 N–H and O–H groups in total. The number of benzene rings is 1. The highest BCUT2D eigenvalue weighted by Gasteiger charge is 2.24. The third-order valence-electron chi connectivity index (χ3n) is 7.17. The third-order valence-corrected chi connectivity index (χ3v) is 7.17. The molecule has 0 radical (unpaired) electrons. The number of carbonyl (C=O) groups is 4. The maximum absolute atomic E-state index is 13.1. The molecule has 0 aliphatic heterocycles. The van der Waals surface area contributed by atoms with Gasteiger partial charge in [0, 0.05) is 11.1 Å². The molecule has 0 saturated carbocycles. The molecule has 2 unspecified atom stereocenters. The monoisotopic (exact) mass is 614 g/mol. The van der Waals surface area contributed by atoms with E-state index in [1.54, 1.807) is 26.0 Å². The molecule has 8 nitrogen and oxygen atoms in total. The SMILES string of the molecule is C=C(C)C(=O)OC(CCCCCCCC)COC(=O)c1ccccc1C(=O)OCC(CCCCCCCC)OC(=O)C(=C)C.